The number of hydrogen-bond acceptors (Lipinski definition) is 2. The molecule has 0 unspecified atom stereocenters. The minimum atomic E-state index is 0.390. The highest BCUT2D eigenvalue weighted by atomic mass is 79.9. The molecule has 2 nitrogen and oxygen atoms in total. The molecular formula is C4H6BrClN2. The van der Waals surface area contributed by atoms with Crippen LogP contribution in [0.3, 0.4) is 0 Å². The van der Waals surface area contributed by atoms with Crippen molar-refractivity contribution in [2.75, 3.05) is 7.05 Å². The first-order chi connectivity index (χ1) is 3.68. The molecule has 0 saturated carbocycles. The Morgan fingerprint density at radius 2 is 2.50 bits per heavy atom. The monoisotopic (exact) mass is 196 g/mol. The fraction of sp³-hybridized carbons (Fsp3) is 0.250. The van der Waals surface area contributed by atoms with E-state index in [2.05, 4.69) is 27.6 Å². The van der Waals surface area contributed by atoms with Gasteiger partial charge in [-0.15, -0.1) is 0 Å². The Hall–Kier alpha value is -0.0200. The Morgan fingerprint density at radius 1 is 2.00 bits per heavy atom. The molecule has 0 N–H and O–H groups in total. The maximum atomic E-state index is 5.40. The van der Waals surface area contributed by atoms with Gasteiger partial charge >= 0.3 is 0 Å². The lowest BCUT2D eigenvalue weighted by Gasteiger charge is -2.06. The lowest BCUT2D eigenvalue weighted by Crippen LogP contribution is -2.03. The minimum absolute atomic E-state index is 0.390. The van der Waals surface area contributed by atoms with Crippen LogP contribution in [0.1, 0.15) is 0 Å². The fourth-order valence-electron chi connectivity index (χ4n) is 0.128. The van der Waals surface area contributed by atoms with Gasteiger partial charge in [-0.25, -0.2) is 0 Å². The van der Waals surface area contributed by atoms with E-state index in [-0.39, 0.29) is 0 Å². The Morgan fingerprint density at radius 3 is 2.62 bits per heavy atom. The third-order valence-corrected chi connectivity index (χ3v) is 0.996. The topological polar surface area (TPSA) is 15.6 Å². The zero-order chi connectivity index (χ0) is 6.57. The van der Waals surface area contributed by atoms with Crippen LogP contribution in [0.5, 0.6) is 0 Å². The van der Waals surface area contributed by atoms with Crippen molar-refractivity contribution in [3.8, 4) is 0 Å². The first-order valence-corrected chi connectivity index (χ1v) is 3.18. The van der Waals surface area contributed by atoms with Crippen molar-refractivity contribution in [3.05, 3.63) is 11.7 Å². The van der Waals surface area contributed by atoms with Crippen molar-refractivity contribution in [3.63, 3.8) is 0 Å². The van der Waals surface area contributed by atoms with Crippen LogP contribution in [0.2, 0.25) is 0 Å². The SMILES string of the molecule is C=C(Cl)N(C)/N=C\Br. The van der Waals surface area contributed by atoms with Crippen LogP contribution in [0.25, 0.3) is 0 Å². The molecule has 0 aliphatic carbocycles. The number of nitrogens with zero attached hydrogens (tertiary/aromatic N) is 2. The molecule has 0 radical (unpaired) electrons. The van der Waals surface area contributed by atoms with Crippen LogP contribution in [0.15, 0.2) is 16.8 Å². The van der Waals surface area contributed by atoms with Gasteiger partial charge in [-0.3, -0.25) is 5.01 Å². The van der Waals surface area contributed by atoms with Crippen molar-refractivity contribution >= 4 is 32.7 Å². The lowest BCUT2D eigenvalue weighted by molar-refractivity contribution is 0.481. The summed E-state index contributed by atoms with van der Waals surface area (Å²) in [7, 11) is 1.70. The second kappa shape index (κ2) is 3.92. The average Bonchev–Trinajstić information content (AvgIpc) is 1.67. The summed E-state index contributed by atoms with van der Waals surface area (Å²) in [4.78, 5) is 0. The quantitative estimate of drug-likeness (QED) is 0.375. The fourth-order valence-corrected chi connectivity index (χ4v) is 0.446. The van der Waals surface area contributed by atoms with Gasteiger partial charge in [-0.1, -0.05) is 18.2 Å². The lowest BCUT2D eigenvalue weighted by atomic mass is 10.9. The second-order valence-electron chi connectivity index (χ2n) is 1.11. The highest BCUT2D eigenvalue weighted by molar-refractivity contribution is 9.17. The van der Waals surface area contributed by atoms with Crippen LogP contribution in [-0.2, 0) is 0 Å². The summed E-state index contributed by atoms with van der Waals surface area (Å²) >= 11 is 8.39. The maximum absolute atomic E-state index is 5.40. The van der Waals surface area contributed by atoms with Gasteiger partial charge in [-0.05, 0) is 15.9 Å². The summed E-state index contributed by atoms with van der Waals surface area (Å²) in [5.74, 6) is 0. The first kappa shape index (κ1) is 7.98. The summed E-state index contributed by atoms with van der Waals surface area (Å²) in [6.07, 6.45) is 0. The third kappa shape index (κ3) is 3.04. The zero-order valence-corrected chi connectivity index (χ0v) is 6.78. The Balaban J connectivity index is 3.64. The predicted molar refractivity (Wildman–Crippen MR) is 40.2 cm³/mol. The minimum Gasteiger partial charge on any atom is -0.257 e. The average molecular weight is 197 g/mol. The number of rotatable bonds is 2. The molecule has 4 heteroatoms. The molecule has 0 aromatic heterocycles. The summed E-state index contributed by atoms with van der Waals surface area (Å²) in [6.45, 7) is 3.43. The predicted octanol–water partition coefficient (Wildman–Crippen LogP) is 1.97. The first-order valence-electron chi connectivity index (χ1n) is 1.89. The van der Waals surface area contributed by atoms with Gasteiger partial charge in [0.2, 0.25) is 0 Å². The van der Waals surface area contributed by atoms with Gasteiger partial charge in [0.25, 0.3) is 0 Å². The van der Waals surface area contributed by atoms with Crippen molar-refractivity contribution in [2.45, 2.75) is 0 Å². The van der Waals surface area contributed by atoms with Crippen LogP contribution in [0.4, 0.5) is 0 Å². The molecule has 0 bridgehead atoms. The standard InChI is InChI=1S/C4H6BrClN2/c1-4(6)8(2)7-3-5/h3H,1H2,2H3/b7-3-. The van der Waals surface area contributed by atoms with E-state index in [4.69, 9.17) is 11.6 Å². The number of halogens is 2. The van der Waals surface area contributed by atoms with E-state index >= 15 is 0 Å². The molecule has 0 aromatic rings. The molecule has 0 saturated heterocycles. The van der Waals surface area contributed by atoms with E-state index < -0.39 is 0 Å². The summed E-state index contributed by atoms with van der Waals surface area (Å²) in [5.41, 5.74) is 0. The second-order valence-corrected chi connectivity index (χ2v) is 1.96. The summed E-state index contributed by atoms with van der Waals surface area (Å²) < 4.78 is 0. The van der Waals surface area contributed by atoms with Crippen LogP contribution < -0.4 is 0 Å². The number of hydrogen-bond donors (Lipinski definition) is 0. The van der Waals surface area contributed by atoms with Gasteiger partial charge in [-0.2, -0.15) is 5.10 Å². The van der Waals surface area contributed by atoms with E-state index in [0.717, 1.165) is 0 Å². The molecule has 0 aromatic carbocycles. The highest BCUT2D eigenvalue weighted by Crippen LogP contribution is 2.02. The largest absolute Gasteiger partial charge is 0.257 e. The highest BCUT2D eigenvalue weighted by Gasteiger charge is 1.89. The normalized spacial score (nSPS) is 9.88. The Labute approximate surface area is 61.9 Å². The van der Waals surface area contributed by atoms with Crippen molar-refractivity contribution in [1.29, 1.82) is 0 Å². The Bertz CT molecular complexity index is 113. The van der Waals surface area contributed by atoms with Gasteiger partial charge in [0.15, 0.2) is 0 Å². The van der Waals surface area contributed by atoms with Gasteiger partial charge in [0.1, 0.15) is 5.16 Å². The van der Waals surface area contributed by atoms with Gasteiger partial charge < -0.3 is 0 Å². The zero-order valence-electron chi connectivity index (χ0n) is 4.43. The van der Waals surface area contributed by atoms with Crippen molar-refractivity contribution < 1.29 is 0 Å². The van der Waals surface area contributed by atoms with Crippen LogP contribution in [-0.4, -0.2) is 17.2 Å². The maximum Gasteiger partial charge on any atom is 0.117 e. The summed E-state index contributed by atoms with van der Waals surface area (Å²) in [5, 5.41) is 7.01. The smallest absolute Gasteiger partial charge is 0.117 e. The molecule has 0 fully saturated rings. The number of hydrazone groups is 1. The van der Waals surface area contributed by atoms with Gasteiger partial charge in [0.05, 0.1) is 5.12 Å². The van der Waals surface area contributed by atoms with E-state index in [1.54, 1.807) is 7.05 Å². The molecule has 0 rings (SSSR count). The molecule has 0 aliphatic heterocycles. The van der Waals surface area contributed by atoms with E-state index in [1.807, 2.05) is 0 Å². The Kier molecular flexibility index (Phi) is 3.91. The van der Waals surface area contributed by atoms with E-state index in [1.165, 1.54) is 10.1 Å². The van der Waals surface area contributed by atoms with Crippen LogP contribution in [0, 0.1) is 0 Å². The molecule has 0 spiro atoms. The third-order valence-electron chi connectivity index (χ3n) is 0.568. The summed E-state index contributed by atoms with van der Waals surface area (Å²) in [6, 6.07) is 0. The molecule has 0 amide bonds. The molecule has 46 valence electrons. The molecule has 0 aliphatic rings. The van der Waals surface area contributed by atoms with E-state index in [9.17, 15) is 0 Å². The van der Waals surface area contributed by atoms with Crippen molar-refractivity contribution in [1.82, 2.24) is 5.01 Å². The molecule has 0 heterocycles. The van der Waals surface area contributed by atoms with Crippen molar-refractivity contribution in [2.24, 2.45) is 5.10 Å². The molecule has 8 heavy (non-hydrogen) atoms. The van der Waals surface area contributed by atoms with Crippen LogP contribution >= 0.6 is 27.5 Å². The molecule has 0 atom stereocenters. The van der Waals surface area contributed by atoms with E-state index in [0.29, 0.717) is 5.16 Å². The van der Waals surface area contributed by atoms with Gasteiger partial charge in [0, 0.05) is 7.05 Å². The molecular weight excluding hydrogens is 191 g/mol.